The second-order valence-corrected chi connectivity index (χ2v) is 5.70. The minimum absolute atomic E-state index is 0.0656. The van der Waals surface area contributed by atoms with E-state index in [1.165, 1.54) is 7.11 Å². The van der Waals surface area contributed by atoms with Gasteiger partial charge in [-0.05, 0) is 48.7 Å². The van der Waals surface area contributed by atoms with Crippen molar-refractivity contribution in [1.82, 2.24) is 16.2 Å². The summed E-state index contributed by atoms with van der Waals surface area (Å²) >= 11 is 10.1. The van der Waals surface area contributed by atoms with Gasteiger partial charge in [-0.3, -0.25) is 21.0 Å². The Labute approximate surface area is 162 Å². The number of hydrogen-bond acceptors (Lipinski definition) is 5. The van der Waals surface area contributed by atoms with Crippen LogP contribution in [0.4, 0.5) is 5.69 Å². The third kappa shape index (κ3) is 6.54. The summed E-state index contributed by atoms with van der Waals surface area (Å²) < 4.78 is 10.6. The minimum Gasteiger partial charge on any atom is -0.493 e. The Morgan fingerprint density at radius 3 is 2.23 bits per heavy atom. The van der Waals surface area contributed by atoms with Crippen LogP contribution in [0, 0.1) is 0 Å². The summed E-state index contributed by atoms with van der Waals surface area (Å²) in [6, 6.07) is 16.4. The molecule has 0 aliphatic heterocycles. The first-order chi connectivity index (χ1) is 12.6. The molecule has 0 aliphatic rings. The maximum atomic E-state index is 11.9. The van der Waals surface area contributed by atoms with E-state index in [2.05, 4.69) is 21.5 Å². The number of ether oxygens (including phenoxy) is 2. The second kappa shape index (κ2) is 10.2. The highest BCUT2D eigenvalue weighted by molar-refractivity contribution is 7.80. The third-order valence-corrected chi connectivity index (χ3v) is 3.41. The van der Waals surface area contributed by atoms with Gasteiger partial charge >= 0.3 is 0 Å². The van der Waals surface area contributed by atoms with Gasteiger partial charge in [0.1, 0.15) is 0 Å². The maximum Gasteiger partial charge on any atom is 0.264 e. The molecule has 0 fully saturated rings. The molecule has 0 aromatic heterocycles. The van der Waals surface area contributed by atoms with Crippen LogP contribution in [0.25, 0.3) is 0 Å². The molecule has 0 radical (unpaired) electrons. The van der Waals surface area contributed by atoms with E-state index >= 15 is 0 Å². The summed E-state index contributed by atoms with van der Waals surface area (Å²) in [4.78, 5) is 11.9. The fourth-order valence-electron chi connectivity index (χ4n) is 1.87. The summed E-state index contributed by atoms with van der Waals surface area (Å²) in [7, 11) is 1.53. The lowest BCUT2D eigenvalue weighted by atomic mass is 10.3. The first-order valence-corrected chi connectivity index (χ1v) is 8.38. The quantitative estimate of drug-likeness (QED) is 0.456. The van der Waals surface area contributed by atoms with Gasteiger partial charge in [0.25, 0.3) is 5.91 Å². The molecule has 7 nitrogen and oxygen atoms in total. The van der Waals surface area contributed by atoms with Gasteiger partial charge < -0.3 is 14.8 Å². The van der Waals surface area contributed by atoms with Gasteiger partial charge in [0.05, 0.1) is 7.11 Å². The number of hydrogen-bond donors (Lipinski definition) is 4. The van der Waals surface area contributed by atoms with Crippen LogP contribution in [0.5, 0.6) is 11.5 Å². The van der Waals surface area contributed by atoms with Gasteiger partial charge in [-0.1, -0.05) is 30.3 Å². The molecular formula is C17H18N4O3S2. The Hall–Kier alpha value is -2.91. The predicted molar refractivity (Wildman–Crippen MR) is 108 cm³/mol. The standard InChI is InChI=1S/C17H18N4O3S2/c1-23-13-9-5-6-10-14(13)24-11-15(22)19-17(26)21-20-16(25)18-12-7-3-2-4-8-12/h2-10H,11H2,1H3,(H2,18,20,25)(H2,19,21,22,26). The average Bonchev–Trinajstić information content (AvgIpc) is 2.66. The molecule has 0 unspecified atom stereocenters. The first kappa shape index (κ1) is 19.4. The van der Waals surface area contributed by atoms with Crippen molar-refractivity contribution in [1.29, 1.82) is 0 Å². The van der Waals surface area contributed by atoms with Crippen LogP contribution < -0.4 is 31.0 Å². The molecular weight excluding hydrogens is 372 g/mol. The average molecular weight is 390 g/mol. The molecule has 136 valence electrons. The van der Waals surface area contributed by atoms with Crippen LogP contribution >= 0.6 is 24.4 Å². The third-order valence-electron chi connectivity index (χ3n) is 3.00. The number of thiocarbonyl (C=S) groups is 2. The molecule has 2 aromatic carbocycles. The zero-order chi connectivity index (χ0) is 18.8. The van der Waals surface area contributed by atoms with E-state index < -0.39 is 5.91 Å². The van der Waals surface area contributed by atoms with Gasteiger partial charge in [-0.15, -0.1) is 0 Å². The van der Waals surface area contributed by atoms with Crippen molar-refractivity contribution < 1.29 is 14.3 Å². The fraction of sp³-hybridized carbons (Fsp3) is 0.118. The number of amides is 1. The van der Waals surface area contributed by atoms with Gasteiger partial charge in [0.15, 0.2) is 28.3 Å². The van der Waals surface area contributed by atoms with Crippen molar-refractivity contribution >= 4 is 46.3 Å². The topological polar surface area (TPSA) is 83.7 Å². The number of carbonyl (C=O) groups excluding carboxylic acids is 1. The molecule has 1 amide bonds. The summed E-state index contributed by atoms with van der Waals surface area (Å²) in [5.41, 5.74) is 6.13. The number of hydrazine groups is 1. The Balaban J connectivity index is 1.70. The summed E-state index contributed by atoms with van der Waals surface area (Å²) in [5, 5.41) is 5.80. The van der Waals surface area contributed by atoms with Crippen molar-refractivity contribution in [3.8, 4) is 11.5 Å². The fourth-order valence-corrected chi connectivity index (χ4v) is 2.21. The van der Waals surface area contributed by atoms with Gasteiger partial charge in [0.2, 0.25) is 0 Å². The summed E-state index contributed by atoms with van der Waals surface area (Å²) in [6.45, 7) is -0.213. The van der Waals surface area contributed by atoms with E-state index in [0.29, 0.717) is 16.6 Å². The van der Waals surface area contributed by atoms with Gasteiger partial charge in [-0.25, -0.2) is 0 Å². The smallest absolute Gasteiger partial charge is 0.264 e. The summed E-state index contributed by atoms with van der Waals surface area (Å²) in [5.74, 6) is 0.590. The van der Waals surface area contributed by atoms with E-state index in [4.69, 9.17) is 33.9 Å². The van der Waals surface area contributed by atoms with Crippen LogP contribution in [0.3, 0.4) is 0 Å². The van der Waals surface area contributed by atoms with E-state index in [9.17, 15) is 4.79 Å². The predicted octanol–water partition coefficient (Wildman–Crippen LogP) is 1.97. The molecule has 0 saturated carbocycles. The Bertz CT molecular complexity index is 772. The molecule has 0 spiro atoms. The van der Waals surface area contributed by atoms with E-state index in [0.717, 1.165) is 5.69 Å². The van der Waals surface area contributed by atoms with Crippen molar-refractivity contribution in [2.75, 3.05) is 19.0 Å². The molecule has 0 aliphatic carbocycles. The molecule has 2 aromatic rings. The molecule has 2 rings (SSSR count). The van der Waals surface area contributed by atoms with Crippen LogP contribution in [0.15, 0.2) is 54.6 Å². The lowest BCUT2D eigenvalue weighted by Gasteiger charge is -2.14. The second-order valence-electron chi connectivity index (χ2n) is 4.89. The van der Waals surface area contributed by atoms with Crippen molar-refractivity contribution in [3.63, 3.8) is 0 Å². The monoisotopic (exact) mass is 390 g/mol. The van der Waals surface area contributed by atoms with Crippen molar-refractivity contribution in [3.05, 3.63) is 54.6 Å². The summed E-state index contributed by atoms with van der Waals surface area (Å²) in [6.07, 6.45) is 0. The molecule has 0 heterocycles. The lowest BCUT2D eigenvalue weighted by Crippen LogP contribution is -2.50. The van der Waals surface area contributed by atoms with Crippen LogP contribution in [0.2, 0.25) is 0 Å². The number of methoxy groups -OCH3 is 1. The number of carbonyl (C=O) groups is 1. The van der Waals surface area contributed by atoms with Gasteiger partial charge in [0, 0.05) is 5.69 Å². The number of rotatable bonds is 5. The number of anilines is 1. The first-order valence-electron chi connectivity index (χ1n) is 7.56. The zero-order valence-corrected chi connectivity index (χ0v) is 15.6. The Morgan fingerprint density at radius 1 is 0.923 bits per heavy atom. The van der Waals surface area contributed by atoms with Crippen LogP contribution in [-0.2, 0) is 4.79 Å². The number of benzene rings is 2. The van der Waals surface area contributed by atoms with Crippen molar-refractivity contribution in [2.45, 2.75) is 0 Å². The highest BCUT2D eigenvalue weighted by Gasteiger charge is 2.08. The van der Waals surface area contributed by atoms with Crippen LogP contribution in [-0.4, -0.2) is 29.8 Å². The number of para-hydroxylation sites is 3. The molecule has 0 bridgehead atoms. The molecule has 0 atom stereocenters. The van der Waals surface area contributed by atoms with Crippen LogP contribution in [0.1, 0.15) is 0 Å². The number of nitrogens with one attached hydrogen (secondary N) is 4. The highest BCUT2D eigenvalue weighted by atomic mass is 32.1. The van der Waals surface area contributed by atoms with E-state index in [-0.39, 0.29) is 11.7 Å². The van der Waals surface area contributed by atoms with Crippen molar-refractivity contribution in [2.24, 2.45) is 0 Å². The molecule has 9 heteroatoms. The Morgan fingerprint density at radius 2 is 1.54 bits per heavy atom. The maximum absolute atomic E-state index is 11.9. The molecule has 0 saturated heterocycles. The minimum atomic E-state index is -0.419. The normalized spacial score (nSPS) is 9.58. The highest BCUT2D eigenvalue weighted by Crippen LogP contribution is 2.25. The van der Waals surface area contributed by atoms with E-state index in [1.807, 2.05) is 36.4 Å². The zero-order valence-electron chi connectivity index (χ0n) is 13.9. The molecule has 26 heavy (non-hydrogen) atoms. The van der Waals surface area contributed by atoms with E-state index in [1.54, 1.807) is 18.2 Å². The lowest BCUT2D eigenvalue weighted by molar-refractivity contribution is -0.121. The SMILES string of the molecule is COc1ccccc1OCC(=O)NC(=S)NNC(=S)Nc1ccccc1. The Kier molecular flexibility index (Phi) is 7.59. The van der Waals surface area contributed by atoms with Gasteiger partial charge in [-0.2, -0.15) is 0 Å². The molecule has 4 N–H and O–H groups in total. The largest absolute Gasteiger partial charge is 0.493 e.